The van der Waals surface area contributed by atoms with Crippen molar-refractivity contribution >= 4 is 29.3 Å². The van der Waals surface area contributed by atoms with Crippen LogP contribution in [0.3, 0.4) is 0 Å². The molecule has 0 saturated heterocycles. The number of nitrogens with one attached hydrogen (secondary N) is 2. The molecule has 4 rings (SSSR count). The molecule has 8 heteroatoms. The van der Waals surface area contributed by atoms with Crippen molar-refractivity contribution in [2.45, 2.75) is 37.8 Å². The number of aromatic nitrogens is 2. The van der Waals surface area contributed by atoms with Crippen LogP contribution in [0.2, 0.25) is 5.02 Å². The molecule has 0 spiro atoms. The molecule has 2 aromatic heterocycles. The van der Waals surface area contributed by atoms with E-state index in [0.717, 1.165) is 37.1 Å². The fourth-order valence-electron chi connectivity index (χ4n) is 3.72. The van der Waals surface area contributed by atoms with Gasteiger partial charge in [0, 0.05) is 43.0 Å². The summed E-state index contributed by atoms with van der Waals surface area (Å²) in [6.45, 7) is 0. The highest BCUT2D eigenvalue weighted by Gasteiger charge is 2.24. The molecule has 3 aromatic rings. The minimum Gasteiger partial charge on any atom is -0.451 e. The van der Waals surface area contributed by atoms with Gasteiger partial charge in [-0.05, 0) is 68.1 Å². The standard InChI is InChI=1S/C23H26ClN5O2/c1-29(2)21-13-14-25-23(28-21)27-18-9-7-17(8-10-18)26-22(30)20-12-11-19(31-20)15-3-5-16(24)6-4-15/h3-6,11-14,17-18H,7-10H2,1-2H3,(H,26,30)(H,25,27,28)/t17-,18+. The molecule has 1 fully saturated rings. The lowest BCUT2D eigenvalue weighted by Crippen LogP contribution is -2.40. The zero-order valence-corrected chi connectivity index (χ0v) is 18.4. The summed E-state index contributed by atoms with van der Waals surface area (Å²) in [6, 6.07) is 13.2. The van der Waals surface area contributed by atoms with Crippen molar-refractivity contribution in [3.05, 3.63) is 59.4 Å². The molecule has 1 amide bonds. The first kappa shape index (κ1) is 21.2. The van der Waals surface area contributed by atoms with Gasteiger partial charge >= 0.3 is 0 Å². The van der Waals surface area contributed by atoms with Crippen molar-refractivity contribution < 1.29 is 9.21 Å². The molecule has 1 aliphatic rings. The third-order valence-electron chi connectivity index (χ3n) is 5.45. The van der Waals surface area contributed by atoms with Gasteiger partial charge < -0.3 is 20.0 Å². The zero-order chi connectivity index (χ0) is 21.8. The second-order valence-electron chi connectivity index (χ2n) is 7.97. The second-order valence-corrected chi connectivity index (χ2v) is 8.41. The first-order valence-electron chi connectivity index (χ1n) is 10.4. The summed E-state index contributed by atoms with van der Waals surface area (Å²) in [7, 11) is 3.91. The Bertz CT molecular complexity index is 1030. The van der Waals surface area contributed by atoms with Crippen molar-refractivity contribution in [2.75, 3.05) is 24.3 Å². The van der Waals surface area contributed by atoms with E-state index in [1.165, 1.54) is 0 Å². The van der Waals surface area contributed by atoms with Crippen LogP contribution in [0, 0.1) is 0 Å². The van der Waals surface area contributed by atoms with E-state index >= 15 is 0 Å². The third-order valence-corrected chi connectivity index (χ3v) is 5.71. The summed E-state index contributed by atoms with van der Waals surface area (Å²) in [5.41, 5.74) is 0.885. The molecule has 2 N–H and O–H groups in total. The molecule has 0 atom stereocenters. The molecule has 7 nitrogen and oxygen atoms in total. The lowest BCUT2D eigenvalue weighted by Gasteiger charge is -2.29. The number of anilines is 2. The number of amides is 1. The maximum Gasteiger partial charge on any atom is 0.287 e. The fourth-order valence-corrected chi connectivity index (χ4v) is 3.84. The van der Waals surface area contributed by atoms with Gasteiger partial charge in [0.15, 0.2) is 5.76 Å². The average molecular weight is 440 g/mol. The van der Waals surface area contributed by atoms with Gasteiger partial charge in [-0.25, -0.2) is 4.98 Å². The van der Waals surface area contributed by atoms with Crippen LogP contribution in [-0.4, -0.2) is 42.1 Å². The Morgan fingerprint density at radius 1 is 1.03 bits per heavy atom. The van der Waals surface area contributed by atoms with Crippen molar-refractivity contribution in [1.82, 2.24) is 15.3 Å². The topological polar surface area (TPSA) is 83.3 Å². The lowest BCUT2D eigenvalue weighted by atomic mass is 9.91. The second kappa shape index (κ2) is 9.39. The van der Waals surface area contributed by atoms with Gasteiger partial charge in [0.05, 0.1) is 0 Å². The minimum atomic E-state index is -0.182. The number of benzene rings is 1. The van der Waals surface area contributed by atoms with E-state index in [0.29, 0.717) is 28.5 Å². The number of carbonyl (C=O) groups is 1. The van der Waals surface area contributed by atoms with E-state index in [1.54, 1.807) is 30.5 Å². The van der Waals surface area contributed by atoms with Crippen molar-refractivity contribution in [3.63, 3.8) is 0 Å². The first-order chi connectivity index (χ1) is 15.0. The minimum absolute atomic E-state index is 0.128. The average Bonchev–Trinajstić information content (AvgIpc) is 3.26. The Labute approximate surface area is 186 Å². The lowest BCUT2D eigenvalue weighted by molar-refractivity contribution is 0.0899. The van der Waals surface area contributed by atoms with Gasteiger partial charge in [0.1, 0.15) is 11.6 Å². The highest BCUT2D eigenvalue weighted by atomic mass is 35.5. The van der Waals surface area contributed by atoms with Crippen LogP contribution in [0.15, 0.2) is 53.1 Å². The van der Waals surface area contributed by atoms with Gasteiger partial charge in [0.2, 0.25) is 5.95 Å². The number of nitrogens with zero attached hydrogens (tertiary/aromatic N) is 3. The van der Waals surface area contributed by atoms with Crippen molar-refractivity contribution in [2.24, 2.45) is 0 Å². The predicted octanol–water partition coefficient (Wildman–Crippen LogP) is 4.61. The number of furan rings is 1. The summed E-state index contributed by atoms with van der Waals surface area (Å²) < 4.78 is 5.76. The van der Waals surface area contributed by atoms with Gasteiger partial charge in [-0.1, -0.05) is 11.6 Å². The molecule has 2 heterocycles. The molecule has 31 heavy (non-hydrogen) atoms. The quantitative estimate of drug-likeness (QED) is 0.583. The summed E-state index contributed by atoms with van der Waals surface area (Å²) in [5, 5.41) is 7.18. The molecular formula is C23H26ClN5O2. The van der Waals surface area contributed by atoms with Crippen LogP contribution < -0.4 is 15.5 Å². The van der Waals surface area contributed by atoms with E-state index < -0.39 is 0 Å². The van der Waals surface area contributed by atoms with Gasteiger partial charge in [-0.2, -0.15) is 4.98 Å². The van der Waals surface area contributed by atoms with E-state index in [-0.39, 0.29) is 11.9 Å². The van der Waals surface area contributed by atoms with Crippen LogP contribution >= 0.6 is 11.6 Å². The highest BCUT2D eigenvalue weighted by molar-refractivity contribution is 6.30. The Kier molecular flexibility index (Phi) is 6.42. The molecule has 0 bridgehead atoms. The highest BCUT2D eigenvalue weighted by Crippen LogP contribution is 2.25. The molecule has 1 aromatic carbocycles. The summed E-state index contributed by atoms with van der Waals surface area (Å²) in [5.74, 6) is 2.30. The van der Waals surface area contributed by atoms with E-state index in [1.807, 2.05) is 37.2 Å². The zero-order valence-electron chi connectivity index (χ0n) is 17.6. The molecule has 162 valence electrons. The Hall–Kier alpha value is -3.06. The van der Waals surface area contributed by atoms with Crippen LogP contribution in [0.25, 0.3) is 11.3 Å². The molecule has 1 aliphatic carbocycles. The molecule has 0 radical (unpaired) electrons. The Balaban J connectivity index is 1.28. The number of hydrogen-bond acceptors (Lipinski definition) is 6. The third kappa shape index (κ3) is 5.35. The largest absolute Gasteiger partial charge is 0.451 e. The molecule has 0 aliphatic heterocycles. The van der Waals surface area contributed by atoms with Crippen LogP contribution in [0.4, 0.5) is 11.8 Å². The van der Waals surface area contributed by atoms with Gasteiger partial charge in [-0.3, -0.25) is 4.79 Å². The first-order valence-corrected chi connectivity index (χ1v) is 10.8. The Morgan fingerprint density at radius 3 is 2.45 bits per heavy atom. The van der Waals surface area contributed by atoms with Crippen LogP contribution in [0.5, 0.6) is 0 Å². The SMILES string of the molecule is CN(C)c1ccnc(N[C@H]2CC[C@@H](NC(=O)c3ccc(-c4ccc(Cl)cc4)o3)CC2)n1. The maximum absolute atomic E-state index is 12.6. The van der Waals surface area contributed by atoms with E-state index in [9.17, 15) is 4.79 Å². The number of hydrogen-bond donors (Lipinski definition) is 2. The Morgan fingerprint density at radius 2 is 1.74 bits per heavy atom. The molecule has 1 saturated carbocycles. The van der Waals surface area contributed by atoms with Crippen LogP contribution in [-0.2, 0) is 0 Å². The number of rotatable bonds is 6. The summed E-state index contributed by atoms with van der Waals surface area (Å²) in [4.78, 5) is 23.4. The normalized spacial score (nSPS) is 18.4. The monoisotopic (exact) mass is 439 g/mol. The fraction of sp³-hybridized carbons (Fsp3) is 0.348. The number of halogens is 1. The van der Waals surface area contributed by atoms with E-state index in [2.05, 4.69) is 20.6 Å². The summed E-state index contributed by atoms with van der Waals surface area (Å²) in [6.07, 6.45) is 5.42. The predicted molar refractivity (Wildman–Crippen MR) is 123 cm³/mol. The molecule has 0 unspecified atom stereocenters. The van der Waals surface area contributed by atoms with Crippen LogP contribution in [0.1, 0.15) is 36.2 Å². The van der Waals surface area contributed by atoms with Crippen molar-refractivity contribution in [3.8, 4) is 11.3 Å². The molecular weight excluding hydrogens is 414 g/mol. The smallest absolute Gasteiger partial charge is 0.287 e. The number of carbonyl (C=O) groups excluding carboxylic acids is 1. The van der Waals surface area contributed by atoms with Gasteiger partial charge in [0.25, 0.3) is 5.91 Å². The summed E-state index contributed by atoms with van der Waals surface area (Å²) >= 11 is 5.93. The maximum atomic E-state index is 12.6. The van der Waals surface area contributed by atoms with E-state index in [4.69, 9.17) is 16.0 Å². The van der Waals surface area contributed by atoms with Gasteiger partial charge in [-0.15, -0.1) is 0 Å². The van der Waals surface area contributed by atoms with Crippen molar-refractivity contribution in [1.29, 1.82) is 0 Å².